The molecule has 0 saturated carbocycles. The number of nitrogens with zero attached hydrogens (tertiary/aromatic N) is 3. The number of nitrogens with one attached hydrogen (secondary N) is 2. The number of anilines is 2. The number of carbonyl (C=O) groups excluding carboxylic acids is 1. The molecule has 5 rings (SSSR count). The van der Waals surface area contributed by atoms with Crippen molar-refractivity contribution in [2.75, 3.05) is 23.9 Å². The molecule has 3 heterocycles. The third kappa shape index (κ3) is 5.15. The Morgan fingerprint density at radius 3 is 2.59 bits per heavy atom. The van der Waals surface area contributed by atoms with Gasteiger partial charge in [0.1, 0.15) is 12.4 Å². The second kappa shape index (κ2) is 11.0. The maximum atomic E-state index is 14.1. The van der Waals surface area contributed by atoms with Crippen LogP contribution in [0.5, 0.6) is 0 Å². The molecule has 1 fully saturated rings. The molecule has 7 nitrogen and oxygen atoms in total. The lowest BCUT2D eigenvalue weighted by molar-refractivity contribution is -0.119. The smallest absolute Gasteiger partial charge is 0.250 e. The number of thiocarbonyl (C=S) groups is 1. The Bertz CT molecular complexity index is 1540. The molecule has 2 atom stereocenters. The summed E-state index contributed by atoms with van der Waals surface area (Å²) in [5, 5.41) is 6.95. The molecule has 200 valence electrons. The van der Waals surface area contributed by atoms with E-state index < -0.39 is 0 Å². The van der Waals surface area contributed by atoms with Crippen LogP contribution >= 0.6 is 12.2 Å². The van der Waals surface area contributed by atoms with Gasteiger partial charge in [-0.05, 0) is 98.7 Å². The van der Waals surface area contributed by atoms with Crippen molar-refractivity contribution in [3.63, 3.8) is 0 Å². The zero-order chi connectivity index (χ0) is 27.7. The van der Waals surface area contributed by atoms with Gasteiger partial charge in [-0.25, -0.2) is 4.39 Å². The molecule has 0 radical (unpaired) electrons. The Morgan fingerprint density at radius 2 is 1.90 bits per heavy atom. The second-order valence-corrected chi connectivity index (χ2v) is 10.0. The molecule has 2 aromatic heterocycles. The van der Waals surface area contributed by atoms with Crippen LogP contribution < -0.4 is 15.5 Å². The van der Waals surface area contributed by atoms with E-state index in [0.29, 0.717) is 10.8 Å². The number of aromatic nitrogens is 2. The van der Waals surface area contributed by atoms with Crippen molar-refractivity contribution in [2.24, 2.45) is 0 Å². The van der Waals surface area contributed by atoms with E-state index in [0.717, 1.165) is 39.6 Å². The number of benzene rings is 2. The predicted octanol–water partition coefficient (Wildman–Crippen LogP) is 5.70. The zero-order valence-electron chi connectivity index (χ0n) is 22.2. The summed E-state index contributed by atoms with van der Waals surface area (Å²) in [7, 11) is 1.49. The fraction of sp³-hybridized carbons (Fsp3) is 0.233. The zero-order valence-corrected chi connectivity index (χ0v) is 23.1. The van der Waals surface area contributed by atoms with Gasteiger partial charge in [0.05, 0.1) is 17.8 Å². The molecule has 0 bridgehead atoms. The van der Waals surface area contributed by atoms with Crippen LogP contribution in [0.3, 0.4) is 0 Å². The first kappa shape index (κ1) is 26.5. The number of hydrogen-bond acceptors (Lipinski definition) is 4. The van der Waals surface area contributed by atoms with E-state index in [2.05, 4.69) is 31.2 Å². The average molecular weight is 544 g/mol. The quantitative estimate of drug-likeness (QED) is 0.292. The van der Waals surface area contributed by atoms with Crippen molar-refractivity contribution in [1.29, 1.82) is 0 Å². The lowest BCUT2D eigenvalue weighted by Crippen LogP contribution is -2.29. The number of pyridine rings is 1. The third-order valence-corrected chi connectivity index (χ3v) is 7.31. The van der Waals surface area contributed by atoms with Crippen molar-refractivity contribution in [3.05, 3.63) is 107 Å². The molecule has 39 heavy (non-hydrogen) atoms. The standard InChI is InChI=1S/C30H30FN5O2S/c1-18-14-23(11-12-25(18)33-27(37)17-38-4)36-29(28(34-30(36)39)26-10-5-6-13-32-26)24-15-19(2)35(20(24)3)22-9-7-8-21(31)16-22/h5-16,28-29H,17H2,1-4H3,(H,33,37)(H,34,39)/t28-,29+/m1/s1. The van der Waals surface area contributed by atoms with Crippen molar-refractivity contribution in [2.45, 2.75) is 32.9 Å². The van der Waals surface area contributed by atoms with Gasteiger partial charge in [0.15, 0.2) is 5.11 Å². The van der Waals surface area contributed by atoms with Crippen LogP contribution in [0.4, 0.5) is 15.8 Å². The number of halogens is 1. The molecule has 9 heteroatoms. The summed E-state index contributed by atoms with van der Waals surface area (Å²) < 4.78 is 21.1. The normalized spacial score (nSPS) is 16.8. The lowest BCUT2D eigenvalue weighted by Gasteiger charge is -2.29. The summed E-state index contributed by atoms with van der Waals surface area (Å²) in [5.74, 6) is -0.504. The number of ether oxygens (including phenoxy) is 1. The van der Waals surface area contributed by atoms with E-state index in [1.807, 2.05) is 63.2 Å². The number of carbonyl (C=O) groups is 1. The lowest BCUT2D eigenvalue weighted by atomic mass is 9.96. The molecule has 2 aromatic carbocycles. The Morgan fingerprint density at radius 1 is 1.08 bits per heavy atom. The van der Waals surface area contributed by atoms with Crippen LogP contribution in [-0.2, 0) is 9.53 Å². The van der Waals surface area contributed by atoms with Gasteiger partial charge in [-0.15, -0.1) is 0 Å². The van der Waals surface area contributed by atoms with Gasteiger partial charge in [0.2, 0.25) is 5.91 Å². The third-order valence-electron chi connectivity index (χ3n) is 6.99. The molecule has 1 aliphatic rings. The molecule has 1 aliphatic heterocycles. The predicted molar refractivity (Wildman–Crippen MR) is 155 cm³/mol. The van der Waals surface area contributed by atoms with Gasteiger partial charge in [-0.1, -0.05) is 12.1 Å². The van der Waals surface area contributed by atoms with Crippen LogP contribution in [0.25, 0.3) is 5.69 Å². The van der Waals surface area contributed by atoms with Gasteiger partial charge in [-0.3, -0.25) is 9.78 Å². The summed E-state index contributed by atoms with van der Waals surface area (Å²) in [4.78, 5) is 18.8. The SMILES string of the molecule is COCC(=O)Nc1ccc(N2C(=S)N[C@H](c3ccccn3)[C@@H]2c2cc(C)n(-c3cccc(F)c3)c2C)cc1C. The van der Waals surface area contributed by atoms with Crippen molar-refractivity contribution >= 4 is 34.6 Å². The first-order valence-corrected chi connectivity index (χ1v) is 13.0. The summed E-state index contributed by atoms with van der Waals surface area (Å²) in [6.07, 6.45) is 1.78. The first-order chi connectivity index (χ1) is 18.8. The Kier molecular flexibility index (Phi) is 7.45. The minimum atomic E-state index is -0.286. The number of hydrogen-bond donors (Lipinski definition) is 2. The highest BCUT2D eigenvalue weighted by Gasteiger charge is 2.42. The minimum absolute atomic E-state index is 0.0178. The fourth-order valence-electron chi connectivity index (χ4n) is 5.30. The number of rotatable bonds is 7. The van der Waals surface area contributed by atoms with E-state index >= 15 is 0 Å². The number of aryl methyl sites for hydroxylation is 2. The molecule has 1 amide bonds. The van der Waals surface area contributed by atoms with E-state index in [9.17, 15) is 9.18 Å². The summed E-state index contributed by atoms with van der Waals surface area (Å²) >= 11 is 5.90. The monoisotopic (exact) mass is 543 g/mol. The summed E-state index contributed by atoms with van der Waals surface area (Å²) in [5.41, 5.74) is 7.13. The van der Waals surface area contributed by atoms with Crippen LogP contribution in [0.15, 0.2) is 72.9 Å². The van der Waals surface area contributed by atoms with E-state index in [4.69, 9.17) is 17.0 Å². The van der Waals surface area contributed by atoms with Crippen molar-refractivity contribution in [1.82, 2.24) is 14.9 Å². The molecular weight excluding hydrogens is 513 g/mol. The van der Waals surface area contributed by atoms with Gasteiger partial charge >= 0.3 is 0 Å². The molecule has 0 spiro atoms. The van der Waals surface area contributed by atoms with E-state index in [-0.39, 0.29) is 30.4 Å². The summed E-state index contributed by atoms with van der Waals surface area (Å²) in [6, 6.07) is 20.0. The number of methoxy groups -OCH3 is 1. The molecular formula is C30H30FN5O2S. The molecule has 4 aromatic rings. The second-order valence-electron chi connectivity index (χ2n) is 9.62. The Labute approximate surface area is 232 Å². The van der Waals surface area contributed by atoms with Crippen LogP contribution in [-0.4, -0.2) is 34.3 Å². The molecule has 0 unspecified atom stereocenters. The highest BCUT2D eigenvalue weighted by molar-refractivity contribution is 7.80. The average Bonchev–Trinajstić information content (AvgIpc) is 3.40. The van der Waals surface area contributed by atoms with E-state index in [1.165, 1.54) is 19.2 Å². The molecule has 2 N–H and O–H groups in total. The Hall–Kier alpha value is -4.08. The minimum Gasteiger partial charge on any atom is -0.375 e. The van der Waals surface area contributed by atoms with Crippen molar-refractivity contribution < 1.29 is 13.9 Å². The Balaban J connectivity index is 1.61. The molecule has 1 saturated heterocycles. The van der Waals surface area contributed by atoms with E-state index in [1.54, 1.807) is 12.3 Å². The van der Waals surface area contributed by atoms with Crippen molar-refractivity contribution in [3.8, 4) is 5.69 Å². The van der Waals surface area contributed by atoms with Gasteiger partial charge < -0.3 is 24.8 Å². The highest BCUT2D eigenvalue weighted by atomic mass is 32.1. The maximum Gasteiger partial charge on any atom is 0.250 e. The first-order valence-electron chi connectivity index (χ1n) is 12.6. The highest BCUT2D eigenvalue weighted by Crippen LogP contribution is 2.44. The fourth-order valence-corrected chi connectivity index (χ4v) is 5.65. The van der Waals surface area contributed by atoms with Gasteiger partial charge in [0, 0.05) is 41.8 Å². The summed E-state index contributed by atoms with van der Waals surface area (Å²) in [6.45, 7) is 5.99. The number of amides is 1. The van der Waals surface area contributed by atoms with Gasteiger partial charge in [-0.2, -0.15) is 0 Å². The van der Waals surface area contributed by atoms with Crippen LogP contribution in [0.1, 0.15) is 40.3 Å². The van der Waals surface area contributed by atoms with Crippen LogP contribution in [0, 0.1) is 26.6 Å². The maximum absolute atomic E-state index is 14.1. The largest absolute Gasteiger partial charge is 0.375 e. The van der Waals surface area contributed by atoms with Gasteiger partial charge in [0.25, 0.3) is 0 Å². The van der Waals surface area contributed by atoms with Crippen LogP contribution in [0.2, 0.25) is 0 Å². The molecule has 0 aliphatic carbocycles. The topological polar surface area (TPSA) is 71.4 Å².